The summed E-state index contributed by atoms with van der Waals surface area (Å²) in [5.74, 6) is 0.358. The van der Waals surface area contributed by atoms with Gasteiger partial charge in [-0.25, -0.2) is 19.7 Å². The molecule has 2 aliphatic rings. The lowest BCUT2D eigenvalue weighted by Gasteiger charge is -2.29. The molecule has 1 aromatic carbocycles. The maximum atomic E-state index is 13.1. The van der Waals surface area contributed by atoms with Crippen molar-refractivity contribution in [1.29, 1.82) is 0 Å². The van der Waals surface area contributed by atoms with E-state index in [1.165, 1.54) is 11.9 Å². The van der Waals surface area contributed by atoms with Gasteiger partial charge in [0.05, 0.1) is 24.5 Å². The Bertz CT molecular complexity index is 1090. The van der Waals surface area contributed by atoms with Gasteiger partial charge >= 0.3 is 6.09 Å². The van der Waals surface area contributed by atoms with Crippen molar-refractivity contribution in [3.8, 4) is 0 Å². The molecule has 1 amide bonds. The number of rotatable bonds is 1. The normalized spacial score (nSPS) is 23.2. The number of carbonyl (C=O) groups is 1. The van der Waals surface area contributed by atoms with E-state index >= 15 is 0 Å². The Labute approximate surface area is 162 Å². The molecule has 0 radical (unpaired) electrons. The number of fused-ring (bicyclic) bond motifs is 6. The minimum atomic E-state index is -0.551. The summed E-state index contributed by atoms with van der Waals surface area (Å²) in [5, 5.41) is 0. The monoisotopic (exact) mass is 378 g/mol. The van der Waals surface area contributed by atoms with Crippen molar-refractivity contribution >= 4 is 23.1 Å². The highest BCUT2D eigenvalue weighted by molar-refractivity contribution is 5.81. The number of nitrogens with zero attached hydrogens (tertiary/aromatic N) is 5. The van der Waals surface area contributed by atoms with Crippen LogP contribution in [-0.2, 0) is 4.74 Å². The topological polar surface area (TPSA) is 99.2 Å². The summed E-state index contributed by atoms with van der Waals surface area (Å²) in [5.41, 5.74) is 9.01. The van der Waals surface area contributed by atoms with Crippen molar-refractivity contribution in [3.63, 3.8) is 0 Å². The van der Waals surface area contributed by atoms with Crippen molar-refractivity contribution < 1.29 is 9.53 Å². The fraction of sp³-hybridized carbons (Fsp3) is 0.400. The molecule has 4 heterocycles. The van der Waals surface area contributed by atoms with E-state index in [2.05, 4.69) is 27.1 Å². The Hall–Kier alpha value is -3.16. The van der Waals surface area contributed by atoms with Gasteiger partial charge in [0.15, 0.2) is 11.5 Å². The lowest BCUT2D eigenvalue weighted by molar-refractivity contribution is 0.0165. The standard InChI is InChI=1S/C20H22N6O2/c1-20(2,3)28-19(27)26-13-8-14(16(26)12-7-5-4-6-11(12)13)25-10-24-15-17(21)22-9-23-18(15)25/h4-7,9-10,13-14,16H,8H2,1-3H3,(H2,21,22,23)/t13-,14?,16-/m1/s1. The lowest BCUT2D eigenvalue weighted by atomic mass is 9.88. The van der Waals surface area contributed by atoms with Crippen molar-refractivity contribution in [2.24, 2.45) is 0 Å². The molecule has 1 saturated heterocycles. The Morgan fingerprint density at radius 2 is 1.93 bits per heavy atom. The predicted octanol–water partition coefficient (Wildman–Crippen LogP) is 3.39. The summed E-state index contributed by atoms with van der Waals surface area (Å²) in [6, 6.07) is 8.05. The Balaban J connectivity index is 1.60. The summed E-state index contributed by atoms with van der Waals surface area (Å²) in [7, 11) is 0. The first kappa shape index (κ1) is 17.0. The maximum Gasteiger partial charge on any atom is 0.411 e. The van der Waals surface area contributed by atoms with Crippen LogP contribution >= 0.6 is 0 Å². The van der Waals surface area contributed by atoms with Crippen LogP contribution in [-0.4, -0.2) is 36.1 Å². The van der Waals surface area contributed by atoms with Gasteiger partial charge in [0, 0.05) is 0 Å². The molecule has 5 rings (SSSR count). The Kier molecular flexibility index (Phi) is 3.44. The third-order valence-electron chi connectivity index (χ3n) is 5.49. The fourth-order valence-electron chi connectivity index (χ4n) is 4.50. The summed E-state index contributed by atoms with van der Waals surface area (Å²) in [4.78, 5) is 27.7. The van der Waals surface area contributed by atoms with Gasteiger partial charge in [0.2, 0.25) is 0 Å². The number of hydrogen-bond acceptors (Lipinski definition) is 6. The number of nitrogens with two attached hydrogens (primary N) is 1. The number of ether oxygens (including phenoxy) is 1. The number of amides is 1. The largest absolute Gasteiger partial charge is 0.444 e. The SMILES string of the molecule is CC(C)(C)OC(=O)N1[C@@H]2CC(n3cnc4c(N)ncnc43)[C@H]1c1ccccc12. The molecule has 2 aromatic heterocycles. The van der Waals surface area contributed by atoms with Crippen molar-refractivity contribution in [3.05, 3.63) is 48.0 Å². The highest BCUT2D eigenvalue weighted by atomic mass is 16.6. The second-order valence-corrected chi connectivity index (χ2v) is 8.36. The summed E-state index contributed by atoms with van der Waals surface area (Å²) >= 11 is 0. The number of nitrogen functional groups attached to an aromatic ring is 1. The number of hydrogen-bond donors (Lipinski definition) is 1. The second kappa shape index (κ2) is 5.67. The molecule has 2 bridgehead atoms. The molecule has 144 valence electrons. The van der Waals surface area contributed by atoms with Crippen molar-refractivity contribution in [2.45, 2.75) is 50.9 Å². The van der Waals surface area contributed by atoms with E-state index in [-0.39, 0.29) is 24.2 Å². The molecule has 2 N–H and O–H groups in total. The maximum absolute atomic E-state index is 13.1. The van der Waals surface area contributed by atoms with Crippen LogP contribution in [0.3, 0.4) is 0 Å². The van der Waals surface area contributed by atoms with Crippen LogP contribution in [0.2, 0.25) is 0 Å². The van der Waals surface area contributed by atoms with Crippen LogP contribution < -0.4 is 5.73 Å². The first-order valence-corrected chi connectivity index (χ1v) is 9.38. The van der Waals surface area contributed by atoms with Crippen molar-refractivity contribution in [1.82, 2.24) is 24.4 Å². The van der Waals surface area contributed by atoms with E-state index in [9.17, 15) is 4.79 Å². The minimum absolute atomic E-state index is 0.00622. The summed E-state index contributed by atoms with van der Waals surface area (Å²) < 4.78 is 7.74. The molecule has 3 atom stereocenters. The zero-order valence-corrected chi connectivity index (χ0v) is 16.0. The average molecular weight is 378 g/mol. The van der Waals surface area contributed by atoms with Gasteiger partial charge in [0.25, 0.3) is 0 Å². The Morgan fingerprint density at radius 1 is 1.18 bits per heavy atom. The molecule has 0 spiro atoms. The van der Waals surface area contributed by atoms with Crippen molar-refractivity contribution in [2.75, 3.05) is 5.73 Å². The third kappa shape index (κ3) is 2.37. The van der Waals surface area contributed by atoms with E-state index in [1.54, 1.807) is 6.33 Å². The van der Waals surface area contributed by atoms with Crippen LogP contribution in [0, 0.1) is 0 Å². The highest BCUT2D eigenvalue weighted by Gasteiger charge is 2.54. The molecule has 28 heavy (non-hydrogen) atoms. The number of benzene rings is 1. The lowest BCUT2D eigenvalue weighted by Crippen LogP contribution is -2.35. The number of carbonyl (C=O) groups excluding carboxylic acids is 1. The number of anilines is 1. The molecule has 2 aliphatic heterocycles. The van der Waals surface area contributed by atoms with Gasteiger partial charge < -0.3 is 15.0 Å². The average Bonchev–Trinajstić information content (AvgIpc) is 3.30. The predicted molar refractivity (Wildman–Crippen MR) is 103 cm³/mol. The molecule has 0 aliphatic carbocycles. The first-order chi connectivity index (χ1) is 13.3. The highest BCUT2D eigenvalue weighted by Crippen LogP contribution is 2.58. The molecule has 0 saturated carbocycles. The molecule has 3 aromatic rings. The third-order valence-corrected chi connectivity index (χ3v) is 5.49. The van der Waals surface area contributed by atoms with Gasteiger partial charge in [-0.3, -0.25) is 4.90 Å². The minimum Gasteiger partial charge on any atom is -0.444 e. The molecular weight excluding hydrogens is 356 g/mol. The molecule has 1 fully saturated rings. The number of imidazole rings is 1. The summed E-state index contributed by atoms with van der Waals surface area (Å²) in [6.07, 6.45) is 3.68. The van der Waals surface area contributed by atoms with E-state index in [0.717, 1.165) is 12.0 Å². The van der Waals surface area contributed by atoms with Gasteiger partial charge in [-0.1, -0.05) is 24.3 Å². The number of aromatic nitrogens is 4. The van der Waals surface area contributed by atoms with E-state index in [0.29, 0.717) is 17.0 Å². The first-order valence-electron chi connectivity index (χ1n) is 9.38. The van der Waals surface area contributed by atoms with E-state index in [4.69, 9.17) is 10.5 Å². The van der Waals surface area contributed by atoms with Crippen LogP contribution in [0.4, 0.5) is 10.6 Å². The zero-order valence-electron chi connectivity index (χ0n) is 16.0. The van der Waals surface area contributed by atoms with Crippen LogP contribution in [0.1, 0.15) is 56.4 Å². The van der Waals surface area contributed by atoms with Gasteiger partial charge in [-0.05, 0) is 38.3 Å². The molecule has 8 nitrogen and oxygen atoms in total. The molecule has 8 heteroatoms. The van der Waals surface area contributed by atoms with Gasteiger partial charge in [-0.15, -0.1) is 0 Å². The van der Waals surface area contributed by atoms with Crippen LogP contribution in [0.5, 0.6) is 0 Å². The quantitative estimate of drug-likeness (QED) is 0.697. The zero-order chi connectivity index (χ0) is 19.6. The smallest absolute Gasteiger partial charge is 0.411 e. The van der Waals surface area contributed by atoms with Gasteiger partial charge in [0.1, 0.15) is 17.4 Å². The van der Waals surface area contributed by atoms with E-state index in [1.807, 2.05) is 42.4 Å². The summed E-state index contributed by atoms with van der Waals surface area (Å²) in [6.45, 7) is 5.66. The molecule has 1 unspecified atom stereocenters. The molecular formula is C20H22N6O2. The van der Waals surface area contributed by atoms with Crippen LogP contribution in [0.25, 0.3) is 11.2 Å². The van der Waals surface area contributed by atoms with Gasteiger partial charge in [-0.2, -0.15) is 0 Å². The second-order valence-electron chi connectivity index (χ2n) is 8.36. The van der Waals surface area contributed by atoms with E-state index < -0.39 is 5.60 Å². The fourth-order valence-corrected chi connectivity index (χ4v) is 4.50. The Morgan fingerprint density at radius 3 is 2.68 bits per heavy atom. The van der Waals surface area contributed by atoms with Crippen LogP contribution in [0.15, 0.2) is 36.9 Å².